The Morgan fingerprint density at radius 3 is 2.64 bits per heavy atom. The van der Waals surface area contributed by atoms with Gasteiger partial charge in [0, 0.05) is 23.7 Å². The average molecular weight is 210 g/mol. The zero-order valence-electron chi connectivity index (χ0n) is 8.86. The molecule has 0 aliphatic carbocycles. The number of hydrogen-bond donors (Lipinski definition) is 1. The monoisotopic (exact) mass is 210 g/mol. The third kappa shape index (κ3) is 3.70. The highest BCUT2D eigenvalue weighted by Crippen LogP contribution is 2.21. The number of benzene rings is 1. The lowest BCUT2D eigenvalue weighted by Gasteiger charge is -2.10. The first-order valence-electron chi connectivity index (χ1n) is 4.79. The molecular formula is C11H18N2S. The van der Waals surface area contributed by atoms with Gasteiger partial charge in [-0.25, -0.2) is 0 Å². The summed E-state index contributed by atoms with van der Waals surface area (Å²) < 4.78 is 0. The van der Waals surface area contributed by atoms with Crippen molar-refractivity contribution in [1.82, 2.24) is 4.90 Å². The molecule has 1 aromatic rings. The van der Waals surface area contributed by atoms with Crippen molar-refractivity contribution in [3.63, 3.8) is 0 Å². The van der Waals surface area contributed by atoms with Gasteiger partial charge in [0.2, 0.25) is 0 Å². The van der Waals surface area contributed by atoms with Crippen LogP contribution in [-0.4, -0.2) is 31.3 Å². The lowest BCUT2D eigenvalue weighted by Crippen LogP contribution is -2.14. The molecule has 2 N–H and O–H groups in total. The lowest BCUT2D eigenvalue weighted by molar-refractivity contribution is 0.437. The number of hydrogen-bond acceptors (Lipinski definition) is 3. The Bertz CT molecular complexity index is 274. The van der Waals surface area contributed by atoms with Crippen LogP contribution in [0, 0.1) is 0 Å². The molecule has 0 saturated heterocycles. The maximum Gasteiger partial charge on any atom is 0.0189 e. The molecule has 0 aromatic heterocycles. The van der Waals surface area contributed by atoms with Crippen molar-refractivity contribution in [2.24, 2.45) is 5.73 Å². The van der Waals surface area contributed by atoms with E-state index >= 15 is 0 Å². The Balaban J connectivity index is 2.49. The van der Waals surface area contributed by atoms with Crippen molar-refractivity contribution >= 4 is 11.8 Å². The fraction of sp³-hybridized carbons (Fsp3) is 0.455. The van der Waals surface area contributed by atoms with Crippen LogP contribution in [0.3, 0.4) is 0 Å². The highest BCUT2D eigenvalue weighted by molar-refractivity contribution is 7.99. The van der Waals surface area contributed by atoms with Crippen LogP contribution in [-0.2, 0) is 6.54 Å². The molecule has 0 fully saturated rings. The SMILES string of the molecule is CN(C)CCSc1ccccc1CN. The third-order valence-corrected chi connectivity index (χ3v) is 3.08. The van der Waals surface area contributed by atoms with Gasteiger partial charge in [-0.3, -0.25) is 0 Å². The molecule has 0 saturated carbocycles. The molecule has 14 heavy (non-hydrogen) atoms. The summed E-state index contributed by atoms with van der Waals surface area (Å²) in [6.45, 7) is 1.73. The van der Waals surface area contributed by atoms with Crippen LogP contribution < -0.4 is 5.73 Å². The Hall–Kier alpha value is -0.510. The summed E-state index contributed by atoms with van der Waals surface area (Å²) in [5.74, 6) is 1.12. The van der Waals surface area contributed by atoms with Crippen molar-refractivity contribution in [1.29, 1.82) is 0 Å². The minimum atomic E-state index is 0.630. The topological polar surface area (TPSA) is 29.3 Å². The molecule has 1 rings (SSSR count). The zero-order valence-corrected chi connectivity index (χ0v) is 9.68. The molecule has 1 aromatic carbocycles. The molecule has 0 heterocycles. The predicted molar refractivity (Wildman–Crippen MR) is 63.6 cm³/mol. The smallest absolute Gasteiger partial charge is 0.0189 e. The van der Waals surface area contributed by atoms with Gasteiger partial charge >= 0.3 is 0 Å². The molecule has 0 spiro atoms. The molecule has 0 atom stereocenters. The molecule has 0 aliphatic rings. The second kappa shape index (κ2) is 6.06. The minimum absolute atomic E-state index is 0.630. The summed E-state index contributed by atoms with van der Waals surface area (Å²) in [5, 5.41) is 0. The van der Waals surface area contributed by atoms with Gasteiger partial charge in [0.25, 0.3) is 0 Å². The Kier molecular flexibility index (Phi) is 5.01. The summed E-state index contributed by atoms with van der Waals surface area (Å²) in [6.07, 6.45) is 0. The van der Waals surface area contributed by atoms with Crippen molar-refractivity contribution in [2.75, 3.05) is 26.4 Å². The maximum atomic E-state index is 5.66. The van der Waals surface area contributed by atoms with Crippen LogP contribution in [0.1, 0.15) is 5.56 Å². The van der Waals surface area contributed by atoms with E-state index in [9.17, 15) is 0 Å². The maximum absolute atomic E-state index is 5.66. The second-order valence-corrected chi connectivity index (χ2v) is 4.60. The first-order valence-corrected chi connectivity index (χ1v) is 5.78. The summed E-state index contributed by atoms with van der Waals surface area (Å²) in [4.78, 5) is 3.51. The number of thioether (sulfide) groups is 1. The third-order valence-electron chi connectivity index (χ3n) is 1.99. The van der Waals surface area contributed by atoms with E-state index in [1.54, 1.807) is 0 Å². The molecule has 0 amide bonds. The zero-order chi connectivity index (χ0) is 10.4. The summed E-state index contributed by atoms with van der Waals surface area (Å²) in [6, 6.07) is 8.34. The minimum Gasteiger partial charge on any atom is -0.326 e. The molecule has 0 radical (unpaired) electrons. The lowest BCUT2D eigenvalue weighted by atomic mass is 10.2. The quantitative estimate of drug-likeness (QED) is 0.751. The van der Waals surface area contributed by atoms with Crippen LogP contribution in [0.5, 0.6) is 0 Å². The first-order chi connectivity index (χ1) is 6.74. The van der Waals surface area contributed by atoms with E-state index in [2.05, 4.69) is 37.2 Å². The fourth-order valence-electron chi connectivity index (χ4n) is 1.15. The normalized spacial score (nSPS) is 10.9. The number of rotatable bonds is 5. The van der Waals surface area contributed by atoms with Crippen LogP contribution in [0.2, 0.25) is 0 Å². The summed E-state index contributed by atoms with van der Waals surface area (Å²) in [7, 11) is 4.19. The van der Waals surface area contributed by atoms with Gasteiger partial charge in [-0.05, 0) is 25.7 Å². The Morgan fingerprint density at radius 1 is 1.29 bits per heavy atom. The molecule has 0 unspecified atom stereocenters. The molecule has 0 bridgehead atoms. The van der Waals surface area contributed by atoms with Gasteiger partial charge in [-0.1, -0.05) is 18.2 Å². The van der Waals surface area contributed by atoms with E-state index in [0.29, 0.717) is 6.54 Å². The van der Waals surface area contributed by atoms with E-state index in [0.717, 1.165) is 12.3 Å². The molecule has 2 nitrogen and oxygen atoms in total. The van der Waals surface area contributed by atoms with E-state index in [1.807, 2.05) is 17.8 Å². The van der Waals surface area contributed by atoms with Gasteiger partial charge in [0.1, 0.15) is 0 Å². The Morgan fingerprint density at radius 2 is 2.00 bits per heavy atom. The average Bonchev–Trinajstić information content (AvgIpc) is 2.18. The predicted octanol–water partition coefficient (Wildman–Crippen LogP) is 1.80. The van der Waals surface area contributed by atoms with Crippen LogP contribution in [0.15, 0.2) is 29.2 Å². The highest BCUT2D eigenvalue weighted by Gasteiger charge is 2.00. The standard InChI is InChI=1S/C11H18N2S/c1-13(2)7-8-14-11-6-4-3-5-10(11)9-12/h3-6H,7-9,12H2,1-2H3. The van der Waals surface area contributed by atoms with Gasteiger partial charge in [-0.15, -0.1) is 11.8 Å². The molecular weight excluding hydrogens is 192 g/mol. The molecule has 0 aliphatic heterocycles. The highest BCUT2D eigenvalue weighted by atomic mass is 32.2. The van der Waals surface area contributed by atoms with Gasteiger partial charge in [0.05, 0.1) is 0 Å². The van der Waals surface area contributed by atoms with Gasteiger partial charge < -0.3 is 10.6 Å². The molecule has 78 valence electrons. The van der Waals surface area contributed by atoms with E-state index < -0.39 is 0 Å². The van der Waals surface area contributed by atoms with Crippen molar-refractivity contribution < 1.29 is 0 Å². The second-order valence-electron chi connectivity index (χ2n) is 3.46. The summed E-state index contributed by atoms with van der Waals surface area (Å²) in [5.41, 5.74) is 6.90. The van der Waals surface area contributed by atoms with E-state index in [-0.39, 0.29) is 0 Å². The van der Waals surface area contributed by atoms with Crippen LogP contribution in [0.4, 0.5) is 0 Å². The van der Waals surface area contributed by atoms with Gasteiger partial charge in [-0.2, -0.15) is 0 Å². The largest absolute Gasteiger partial charge is 0.326 e. The first kappa shape index (κ1) is 11.6. The molecule has 3 heteroatoms. The van der Waals surface area contributed by atoms with Gasteiger partial charge in [0.15, 0.2) is 0 Å². The summed E-state index contributed by atoms with van der Waals surface area (Å²) >= 11 is 1.88. The van der Waals surface area contributed by atoms with Crippen molar-refractivity contribution in [3.05, 3.63) is 29.8 Å². The van der Waals surface area contributed by atoms with Crippen LogP contribution >= 0.6 is 11.8 Å². The van der Waals surface area contributed by atoms with Crippen molar-refractivity contribution in [2.45, 2.75) is 11.4 Å². The number of nitrogens with two attached hydrogens (primary N) is 1. The van der Waals surface area contributed by atoms with Crippen LogP contribution in [0.25, 0.3) is 0 Å². The fourth-order valence-corrected chi connectivity index (χ4v) is 2.34. The van der Waals surface area contributed by atoms with E-state index in [1.165, 1.54) is 10.5 Å². The number of nitrogens with zero attached hydrogens (tertiary/aromatic N) is 1. The Labute approximate surface area is 90.5 Å². The van der Waals surface area contributed by atoms with E-state index in [4.69, 9.17) is 5.73 Å². The van der Waals surface area contributed by atoms with Crippen molar-refractivity contribution in [3.8, 4) is 0 Å².